The molecule has 2 nitrogen and oxygen atoms in total. The third-order valence-electron chi connectivity index (χ3n) is 3.32. The molecule has 0 heterocycles. The summed E-state index contributed by atoms with van der Waals surface area (Å²) < 4.78 is 26.0. The van der Waals surface area contributed by atoms with Crippen molar-refractivity contribution in [2.75, 3.05) is 12.3 Å². The van der Waals surface area contributed by atoms with E-state index in [1.165, 1.54) is 17.8 Å². The van der Waals surface area contributed by atoms with Gasteiger partial charge in [-0.3, -0.25) is 5.32 Å². The van der Waals surface area contributed by atoms with Crippen LogP contribution in [0.3, 0.4) is 0 Å². The number of hydrogen-bond donors (Lipinski definition) is 1. The Bertz CT molecular complexity index is 497. The Kier molecular flexibility index (Phi) is 4.43. The van der Waals surface area contributed by atoms with Crippen molar-refractivity contribution in [3.63, 3.8) is 0 Å². The van der Waals surface area contributed by atoms with Crippen LogP contribution in [0.5, 0.6) is 0 Å². The van der Waals surface area contributed by atoms with E-state index in [4.69, 9.17) is 0 Å². The van der Waals surface area contributed by atoms with Crippen molar-refractivity contribution in [2.24, 2.45) is 5.92 Å². The average Bonchev–Trinajstić information content (AvgIpc) is 3.23. The van der Waals surface area contributed by atoms with Crippen molar-refractivity contribution < 1.29 is 8.78 Å². The molecule has 0 spiro atoms. The summed E-state index contributed by atoms with van der Waals surface area (Å²) in [6.45, 7) is 2.69. The Labute approximate surface area is 116 Å². The largest absolute Gasteiger partial charge is 0.299 e. The van der Waals surface area contributed by atoms with Gasteiger partial charge in [-0.2, -0.15) is 5.26 Å². The Hall–Kier alpha value is -1.12. The van der Waals surface area contributed by atoms with Gasteiger partial charge in [0, 0.05) is 10.6 Å². The number of benzene rings is 1. The molecular formula is C14H16F2N2S. The van der Waals surface area contributed by atoms with Gasteiger partial charge in [0.05, 0.1) is 6.07 Å². The number of nitriles is 1. The second-order valence-electron chi connectivity index (χ2n) is 4.75. The number of thioether (sulfide) groups is 1. The van der Waals surface area contributed by atoms with Gasteiger partial charge in [0.2, 0.25) is 0 Å². The van der Waals surface area contributed by atoms with E-state index in [2.05, 4.69) is 11.4 Å². The summed E-state index contributed by atoms with van der Waals surface area (Å²) >= 11 is 1.39. The smallest absolute Gasteiger partial charge is 0.159 e. The van der Waals surface area contributed by atoms with E-state index in [0.717, 1.165) is 25.5 Å². The zero-order chi connectivity index (χ0) is 13.9. The van der Waals surface area contributed by atoms with E-state index in [1.54, 1.807) is 6.07 Å². The number of hydrogen-bond acceptors (Lipinski definition) is 3. The minimum Gasteiger partial charge on any atom is -0.299 e. The maximum Gasteiger partial charge on any atom is 0.159 e. The summed E-state index contributed by atoms with van der Waals surface area (Å²) in [6.07, 6.45) is 2.11. The monoisotopic (exact) mass is 282 g/mol. The molecule has 1 aliphatic carbocycles. The van der Waals surface area contributed by atoms with Crippen LogP contribution in [-0.4, -0.2) is 17.8 Å². The number of rotatable bonds is 6. The Morgan fingerprint density at radius 1 is 1.42 bits per heavy atom. The Morgan fingerprint density at radius 2 is 2.16 bits per heavy atom. The minimum absolute atomic E-state index is 0.371. The molecule has 1 fully saturated rings. The fourth-order valence-electron chi connectivity index (χ4n) is 2.13. The molecule has 5 heteroatoms. The average molecular weight is 282 g/mol. The summed E-state index contributed by atoms with van der Waals surface area (Å²) in [5.41, 5.74) is -0.551. The van der Waals surface area contributed by atoms with Crippen LogP contribution in [0.25, 0.3) is 0 Å². The standard InChI is InChI=1S/C14H16F2N2S/c1-2-18-14(8-17,10-3-4-10)9-19-11-5-6-12(15)13(16)7-11/h5-7,10,18H,2-4,9H2,1H3. The number of nitrogens with zero attached hydrogens (tertiary/aromatic N) is 1. The van der Waals surface area contributed by atoms with E-state index < -0.39 is 17.2 Å². The second-order valence-corrected chi connectivity index (χ2v) is 5.80. The molecule has 1 N–H and O–H groups in total. The highest BCUT2D eigenvalue weighted by Gasteiger charge is 2.45. The Morgan fingerprint density at radius 3 is 2.68 bits per heavy atom. The van der Waals surface area contributed by atoms with Crippen molar-refractivity contribution in [1.29, 1.82) is 5.26 Å². The summed E-state index contributed by atoms with van der Waals surface area (Å²) in [5.74, 6) is -0.768. The first kappa shape index (κ1) is 14.3. The molecule has 102 valence electrons. The van der Waals surface area contributed by atoms with Gasteiger partial charge in [0.25, 0.3) is 0 Å². The highest BCUT2D eigenvalue weighted by Crippen LogP contribution is 2.42. The fourth-order valence-corrected chi connectivity index (χ4v) is 3.28. The summed E-state index contributed by atoms with van der Waals surface area (Å²) in [7, 11) is 0. The lowest BCUT2D eigenvalue weighted by Gasteiger charge is -2.27. The quantitative estimate of drug-likeness (QED) is 0.813. The molecule has 0 radical (unpaired) electrons. The molecule has 0 aromatic heterocycles. The normalized spacial score (nSPS) is 17.8. The molecule has 0 amide bonds. The highest BCUT2D eigenvalue weighted by molar-refractivity contribution is 7.99. The first-order valence-corrected chi connectivity index (χ1v) is 7.34. The molecule has 1 aliphatic rings. The van der Waals surface area contributed by atoms with Gasteiger partial charge >= 0.3 is 0 Å². The van der Waals surface area contributed by atoms with Crippen LogP contribution >= 0.6 is 11.8 Å². The van der Waals surface area contributed by atoms with Gasteiger partial charge in [0.15, 0.2) is 11.6 Å². The second kappa shape index (κ2) is 5.89. The first-order chi connectivity index (χ1) is 9.11. The molecule has 19 heavy (non-hydrogen) atoms. The van der Waals surface area contributed by atoms with Crippen molar-refractivity contribution in [3.05, 3.63) is 29.8 Å². The molecular weight excluding hydrogens is 266 g/mol. The van der Waals surface area contributed by atoms with Crippen LogP contribution in [0.2, 0.25) is 0 Å². The van der Waals surface area contributed by atoms with E-state index >= 15 is 0 Å². The zero-order valence-electron chi connectivity index (χ0n) is 10.7. The molecule has 0 aliphatic heterocycles. The first-order valence-electron chi connectivity index (χ1n) is 6.35. The van der Waals surface area contributed by atoms with Gasteiger partial charge < -0.3 is 0 Å². The zero-order valence-corrected chi connectivity index (χ0v) is 11.6. The molecule has 1 atom stereocenters. The van der Waals surface area contributed by atoms with Crippen molar-refractivity contribution in [1.82, 2.24) is 5.32 Å². The van der Waals surface area contributed by atoms with Gasteiger partial charge in [-0.1, -0.05) is 6.92 Å². The van der Waals surface area contributed by atoms with Gasteiger partial charge in [-0.25, -0.2) is 8.78 Å². The van der Waals surface area contributed by atoms with E-state index in [1.807, 2.05) is 6.92 Å². The minimum atomic E-state index is -0.845. The predicted molar refractivity (Wildman–Crippen MR) is 71.8 cm³/mol. The molecule has 0 saturated heterocycles. The third-order valence-corrected chi connectivity index (χ3v) is 4.51. The SMILES string of the molecule is CCNC(C#N)(CSc1ccc(F)c(F)c1)C1CC1. The van der Waals surface area contributed by atoms with Crippen LogP contribution in [-0.2, 0) is 0 Å². The summed E-state index contributed by atoms with van der Waals surface area (Å²) in [4.78, 5) is 0.650. The maximum absolute atomic E-state index is 13.1. The van der Waals surface area contributed by atoms with Crippen LogP contribution < -0.4 is 5.32 Å². The van der Waals surface area contributed by atoms with E-state index in [0.29, 0.717) is 16.6 Å². The molecule has 2 rings (SSSR count). The molecule has 1 unspecified atom stereocenters. The van der Waals surface area contributed by atoms with E-state index in [9.17, 15) is 14.0 Å². The van der Waals surface area contributed by atoms with Crippen LogP contribution in [0.1, 0.15) is 19.8 Å². The third kappa shape index (κ3) is 3.26. The molecule has 1 saturated carbocycles. The van der Waals surface area contributed by atoms with Crippen molar-refractivity contribution in [2.45, 2.75) is 30.2 Å². The molecule has 1 aromatic carbocycles. The maximum atomic E-state index is 13.1. The molecule has 1 aromatic rings. The van der Waals surface area contributed by atoms with Gasteiger partial charge in [-0.15, -0.1) is 11.8 Å². The number of halogens is 2. The predicted octanol–water partition coefficient (Wildman–Crippen LogP) is 3.34. The summed E-state index contributed by atoms with van der Waals surface area (Å²) in [5, 5.41) is 12.7. The lowest BCUT2D eigenvalue weighted by molar-refractivity contribution is 0.416. The highest BCUT2D eigenvalue weighted by atomic mass is 32.2. The van der Waals surface area contributed by atoms with Crippen molar-refractivity contribution >= 4 is 11.8 Å². The lowest BCUT2D eigenvalue weighted by Crippen LogP contribution is -2.48. The van der Waals surface area contributed by atoms with Gasteiger partial charge in [-0.05, 0) is 43.5 Å². The fraction of sp³-hybridized carbons (Fsp3) is 0.500. The lowest BCUT2D eigenvalue weighted by atomic mass is 9.98. The Balaban J connectivity index is 2.06. The van der Waals surface area contributed by atoms with E-state index in [-0.39, 0.29) is 0 Å². The van der Waals surface area contributed by atoms with Crippen LogP contribution in [0, 0.1) is 28.9 Å². The topological polar surface area (TPSA) is 35.8 Å². The van der Waals surface area contributed by atoms with Crippen molar-refractivity contribution in [3.8, 4) is 6.07 Å². The van der Waals surface area contributed by atoms with Crippen LogP contribution in [0.15, 0.2) is 23.1 Å². The van der Waals surface area contributed by atoms with Crippen LogP contribution in [0.4, 0.5) is 8.78 Å². The summed E-state index contributed by atoms with van der Waals surface area (Å²) in [6, 6.07) is 6.22. The molecule has 0 bridgehead atoms. The number of nitrogens with one attached hydrogen (secondary N) is 1. The van der Waals surface area contributed by atoms with Gasteiger partial charge in [0.1, 0.15) is 5.54 Å².